The Hall–Kier alpha value is -3.00. The molecule has 1 amide bonds. The molecule has 1 heterocycles. The average Bonchev–Trinajstić information content (AvgIpc) is 2.60. The maximum absolute atomic E-state index is 13.1. The van der Waals surface area contributed by atoms with Crippen LogP contribution in [0.5, 0.6) is 5.75 Å². The lowest BCUT2D eigenvalue weighted by Crippen LogP contribution is -2.45. The van der Waals surface area contributed by atoms with Crippen molar-refractivity contribution in [1.29, 1.82) is 0 Å². The zero-order valence-corrected chi connectivity index (χ0v) is 14.0. The predicted molar refractivity (Wildman–Crippen MR) is 90.4 cm³/mol. The molecule has 3 rings (SSSR count). The van der Waals surface area contributed by atoms with Crippen LogP contribution < -0.4 is 0 Å². The summed E-state index contributed by atoms with van der Waals surface area (Å²) >= 11 is 0. The SMILES string of the molecule is CC1CN(C(=O)c2ccc([N+](=O)[O-])c(O)c2)CC(c2ccc(F)cc2)O1. The summed E-state index contributed by atoms with van der Waals surface area (Å²) in [6.45, 7) is 2.42. The van der Waals surface area contributed by atoms with Crippen molar-refractivity contribution in [3.63, 3.8) is 0 Å². The van der Waals surface area contributed by atoms with E-state index in [1.807, 2.05) is 6.92 Å². The lowest BCUT2D eigenvalue weighted by atomic mass is 10.1. The molecule has 8 heteroatoms. The number of hydrogen-bond donors (Lipinski definition) is 1. The molecule has 0 saturated carbocycles. The number of benzene rings is 2. The number of amides is 1. The Kier molecular flexibility index (Phi) is 4.85. The van der Waals surface area contributed by atoms with Crippen molar-refractivity contribution in [3.05, 3.63) is 69.5 Å². The third-order valence-electron chi connectivity index (χ3n) is 4.21. The zero-order valence-electron chi connectivity index (χ0n) is 14.0. The van der Waals surface area contributed by atoms with Gasteiger partial charge in [-0.05, 0) is 36.8 Å². The van der Waals surface area contributed by atoms with Crippen LogP contribution in [0, 0.1) is 15.9 Å². The first-order valence-corrected chi connectivity index (χ1v) is 8.02. The molecule has 1 fully saturated rings. The number of halogens is 1. The molecule has 2 unspecified atom stereocenters. The summed E-state index contributed by atoms with van der Waals surface area (Å²) in [6.07, 6.45) is -0.649. The van der Waals surface area contributed by atoms with E-state index in [9.17, 15) is 24.4 Å². The number of nitro benzene ring substituents is 1. The number of aromatic hydroxyl groups is 1. The number of carbonyl (C=O) groups excluding carboxylic acids is 1. The molecule has 0 spiro atoms. The molecule has 1 N–H and O–H groups in total. The van der Waals surface area contributed by atoms with Crippen molar-refractivity contribution in [1.82, 2.24) is 4.90 Å². The van der Waals surface area contributed by atoms with Gasteiger partial charge in [0.25, 0.3) is 5.91 Å². The van der Waals surface area contributed by atoms with Crippen molar-refractivity contribution in [2.24, 2.45) is 0 Å². The fraction of sp³-hybridized carbons (Fsp3) is 0.278. The van der Waals surface area contributed by atoms with Gasteiger partial charge in [0.2, 0.25) is 0 Å². The molecular weight excluding hydrogens is 343 g/mol. The van der Waals surface area contributed by atoms with Gasteiger partial charge in [0.15, 0.2) is 5.75 Å². The van der Waals surface area contributed by atoms with E-state index in [1.165, 1.54) is 18.2 Å². The minimum Gasteiger partial charge on any atom is -0.502 e. The summed E-state index contributed by atoms with van der Waals surface area (Å²) in [4.78, 5) is 24.4. The quantitative estimate of drug-likeness (QED) is 0.671. The molecule has 26 heavy (non-hydrogen) atoms. The number of hydrogen-bond acceptors (Lipinski definition) is 5. The Labute approximate surface area is 148 Å². The molecule has 0 aliphatic carbocycles. The maximum Gasteiger partial charge on any atom is 0.310 e. The average molecular weight is 360 g/mol. The summed E-state index contributed by atoms with van der Waals surface area (Å²) in [5.41, 5.74) is 0.448. The monoisotopic (exact) mass is 360 g/mol. The van der Waals surface area contributed by atoms with E-state index >= 15 is 0 Å². The van der Waals surface area contributed by atoms with E-state index in [0.717, 1.165) is 17.7 Å². The van der Waals surface area contributed by atoms with Crippen LogP contribution in [0.2, 0.25) is 0 Å². The zero-order chi connectivity index (χ0) is 18.8. The second kappa shape index (κ2) is 7.09. The van der Waals surface area contributed by atoms with Crippen LogP contribution in [0.1, 0.15) is 28.9 Å². The highest BCUT2D eigenvalue weighted by Crippen LogP contribution is 2.29. The van der Waals surface area contributed by atoms with Crippen molar-refractivity contribution in [2.45, 2.75) is 19.1 Å². The molecule has 0 aromatic heterocycles. The van der Waals surface area contributed by atoms with Gasteiger partial charge in [0, 0.05) is 18.2 Å². The number of nitro groups is 1. The van der Waals surface area contributed by atoms with E-state index in [2.05, 4.69) is 0 Å². The molecule has 7 nitrogen and oxygen atoms in total. The topological polar surface area (TPSA) is 92.9 Å². The molecule has 0 bridgehead atoms. The van der Waals surface area contributed by atoms with Crippen LogP contribution in [0.3, 0.4) is 0 Å². The molecule has 0 radical (unpaired) electrons. The number of phenols is 1. The number of morpholine rings is 1. The van der Waals surface area contributed by atoms with Gasteiger partial charge in [-0.1, -0.05) is 12.1 Å². The van der Waals surface area contributed by atoms with Crippen LogP contribution in [-0.4, -0.2) is 40.0 Å². The standard InChI is InChI=1S/C18H17FN2O5/c1-11-9-20(10-17(26-11)12-2-5-14(19)6-3-12)18(23)13-4-7-15(21(24)25)16(22)8-13/h2-8,11,17,22H,9-10H2,1H3. The van der Waals surface area contributed by atoms with Gasteiger partial charge >= 0.3 is 5.69 Å². The molecular formula is C18H17FN2O5. The summed E-state index contributed by atoms with van der Waals surface area (Å²) < 4.78 is 19.0. The highest BCUT2D eigenvalue weighted by atomic mass is 19.1. The summed E-state index contributed by atoms with van der Waals surface area (Å²) in [5, 5.41) is 20.5. The molecule has 2 atom stereocenters. The maximum atomic E-state index is 13.1. The smallest absolute Gasteiger partial charge is 0.310 e. The fourth-order valence-electron chi connectivity index (χ4n) is 2.97. The Morgan fingerprint density at radius 2 is 1.96 bits per heavy atom. The van der Waals surface area contributed by atoms with E-state index in [1.54, 1.807) is 17.0 Å². The number of rotatable bonds is 3. The second-order valence-electron chi connectivity index (χ2n) is 6.16. The Morgan fingerprint density at radius 1 is 1.27 bits per heavy atom. The minimum atomic E-state index is -0.717. The van der Waals surface area contributed by atoms with E-state index in [-0.39, 0.29) is 29.9 Å². The molecule has 1 aliphatic rings. The lowest BCUT2D eigenvalue weighted by molar-refractivity contribution is -0.385. The van der Waals surface area contributed by atoms with E-state index < -0.39 is 22.5 Å². The molecule has 1 saturated heterocycles. The minimum absolute atomic E-state index is 0.153. The third-order valence-corrected chi connectivity index (χ3v) is 4.21. The summed E-state index contributed by atoms with van der Waals surface area (Å²) in [6, 6.07) is 9.39. The fourth-order valence-corrected chi connectivity index (χ4v) is 2.97. The Balaban J connectivity index is 1.81. The largest absolute Gasteiger partial charge is 0.502 e. The summed E-state index contributed by atoms with van der Waals surface area (Å²) in [7, 11) is 0. The normalized spacial score (nSPS) is 20.0. The van der Waals surface area contributed by atoms with Crippen molar-refractivity contribution < 1.29 is 24.0 Å². The first-order valence-electron chi connectivity index (χ1n) is 8.02. The van der Waals surface area contributed by atoms with Crippen LogP contribution in [0.25, 0.3) is 0 Å². The van der Waals surface area contributed by atoms with E-state index in [4.69, 9.17) is 4.74 Å². The van der Waals surface area contributed by atoms with Crippen LogP contribution in [0.4, 0.5) is 10.1 Å². The number of phenolic OH excluding ortho intramolecular Hbond substituents is 1. The van der Waals surface area contributed by atoms with Crippen molar-refractivity contribution >= 4 is 11.6 Å². The summed E-state index contributed by atoms with van der Waals surface area (Å²) in [5.74, 6) is -1.28. The van der Waals surface area contributed by atoms with Gasteiger partial charge in [0.1, 0.15) is 11.9 Å². The van der Waals surface area contributed by atoms with E-state index in [0.29, 0.717) is 6.54 Å². The van der Waals surface area contributed by atoms with Crippen LogP contribution in [0.15, 0.2) is 42.5 Å². The van der Waals surface area contributed by atoms with Gasteiger partial charge in [-0.25, -0.2) is 4.39 Å². The number of ether oxygens (including phenoxy) is 1. The second-order valence-corrected chi connectivity index (χ2v) is 6.16. The molecule has 136 valence electrons. The Bertz CT molecular complexity index is 840. The Morgan fingerprint density at radius 3 is 2.58 bits per heavy atom. The van der Waals surface area contributed by atoms with Gasteiger partial charge in [0.05, 0.1) is 17.6 Å². The van der Waals surface area contributed by atoms with Gasteiger partial charge < -0.3 is 14.7 Å². The van der Waals surface area contributed by atoms with Gasteiger partial charge in [-0.3, -0.25) is 14.9 Å². The van der Waals surface area contributed by atoms with Crippen molar-refractivity contribution in [3.8, 4) is 5.75 Å². The van der Waals surface area contributed by atoms with Crippen LogP contribution in [-0.2, 0) is 4.74 Å². The van der Waals surface area contributed by atoms with Crippen LogP contribution >= 0.6 is 0 Å². The number of carbonyl (C=O) groups is 1. The van der Waals surface area contributed by atoms with Gasteiger partial charge in [-0.15, -0.1) is 0 Å². The first-order chi connectivity index (χ1) is 12.3. The number of nitrogens with zero attached hydrogens (tertiary/aromatic N) is 2. The molecule has 2 aromatic rings. The lowest BCUT2D eigenvalue weighted by Gasteiger charge is -2.37. The van der Waals surface area contributed by atoms with Crippen molar-refractivity contribution in [2.75, 3.05) is 13.1 Å². The first kappa shape index (κ1) is 17.8. The highest BCUT2D eigenvalue weighted by Gasteiger charge is 2.30. The van der Waals surface area contributed by atoms with Gasteiger partial charge in [-0.2, -0.15) is 0 Å². The highest BCUT2D eigenvalue weighted by molar-refractivity contribution is 5.95. The predicted octanol–water partition coefficient (Wildman–Crippen LogP) is 3.04. The molecule has 1 aliphatic heterocycles. The third kappa shape index (κ3) is 3.65. The molecule has 2 aromatic carbocycles.